The Balaban J connectivity index is 1.69. The van der Waals surface area contributed by atoms with Gasteiger partial charge in [-0.05, 0) is 29.0 Å². The zero-order valence-corrected chi connectivity index (χ0v) is 12.5. The third-order valence-electron chi connectivity index (χ3n) is 3.18. The summed E-state index contributed by atoms with van der Waals surface area (Å²) in [6.07, 6.45) is 4.85. The van der Waals surface area contributed by atoms with Gasteiger partial charge in [-0.25, -0.2) is 9.67 Å². The van der Waals surface area contributed by atoms with Gasteiger partial charge in [0.15, 0.2) is 5.82 Å². The molecule has 0 N–H and O–H groups in total. The van der Waals surface area contributed by atoms with E-state index in [0.29, 0.717) is 0 Å². The summed E-state index contributed by atoms with van der Waals surface area (Å²) in [6, 6.07) is 10.1. The van der Waals surface area contributed by atoms with Crippen LogP contribution in [0.4, 0.5) is 0 Å². The molecule has 0 atom stereocenters. The fourth-order valence-corrected chi connectivity index (χ4v) is 2.77. The first kappa shape index (κ1) is 13.6. The van der Waals surface area contributed by atoms with Crippen molar-refractivity contribution < 1.29 is 0 Å². The molecule has 2 heterocycles. The SMILES string of the molecule is Cc1ncsc1CCn1nnnc1/C=C/c1ccccc1. The maximum atomic E-state index is 4.26. The lowest BCUT2D eigenvalue weighted by molar-refractivity contribution is 0.587. The van der Waals surface area contributed by atoms with Crippen molar-refractivity contribution in [1.29, 1.82) is 0 Å². The summed E-state index contributed by atoms with van der Waals surface area (Å²) in [6.45, 7) is 2.78. The Labute approximate surface area is 127 Å². The minimum absolute atomic E-state index is 0.754. The highest BCUT2D eigenvalue weighted by Crippen LogP contribution is 2.14. The predicted octanol–water partition coefficient (Wildman–Crippen LogP) is 2.85. The number of benzene rings is 1. The summed E-state index contributed by atoms with van der Waals surface area (Å²) in [7, 11) is 0. The molecule has 0 saturated carbocycles. The molecule has 3 rings (SSSR count). The molecule has 5 nitrogen and oxygen atoms in total. The largest absolute Gasteiger partial charge is 0.250 e. The zero-order valence-electron chi connectivity index (χ0n) is 11.7. The number of hydrogen-bond donors (Lipinski definition) is 0. The molecule has 0 aliphatic rings. The number of hydrogen-bond acceptors (Lipinski definition) is 5. The van der Waals surface area contributed by atoms with Crippen LogP contribution < -0.4 is 0 Å². The van der Waals surface area contributed by atoms with E-state index >= 15 is 0 Å². The normalized spacial score (nSPS) is 11.3. The summed E-state index contributed by atoms with van der Waals surface area (Å²) in [5.74, 6) is 0.765. The van der Waals surface area contributed by atoms with Gasteiger partial charge in [0.1, 0.15) is 0 Å². The fraction of sp³-hybridized carbons (Fsp3) is 0.200. The van der Waals surface area contributed by atoms with Crippen LogP contribution in [0.1, 0.15) is 22.0 Å². The first-order chi connectivity index (χ1) is 10.3. The highest BCUT2D eigenvalue weighted by molar-refractivity contribution is 7.09. The van der Waals surface area contributed by atoms with Gasteiger partial charge in [-0.3, -0.25) is 0 Å². The van der Waals surface area contributed by atoms with Gasteiger partial charge < -0.3 is 0 Å². The van der Waals surface area contributed by atoms with E-state index < -0.39 is 0 Å². The first-order valence-electron chi connectivity index (χ1n) is 6.71. The first-order valence-corrected chi connectivity index (χ1v) is 7.59. The van der Waals surface area contributed by atoms with Gasteiger partial charge in [0, 0.05) is 17.8 Å². The van der Waals surface area contributed by atoms with Crippen LogP contribution in [0.3, 0.4) is 0 Å². The van der Waals surface area contributed by atoms with Crippen LogP contribution in [0, 0.1) is 6.92 Å². The number of aromatic nitrogens is 5. The monoisotopic (exact) mass is 297 g/mol. The number of tetrazole rings is 1. The van der Waals surface area contributed by atoms with Gasteiger partial charge in [-0.15, -0.1) is 16.4 Å². The molecule has 0 fully saturated rings. The molecule has 21 heavy (non-hydrogen) atoms. The Morgan fingerprint density at radius 1 is 1.19 bits per heavy atom. The van der Waals surface area contributed by atoms with Crippen LogP contribution in [-0.4, -0.2) is 25.2 Å². The van der Waals surface area contributed by atoms with Crippen molar-refractivity contribution in [3.05, 3.63) is 57.8 Å². The highest BCUT2D eigenvalue weighted by atomic mass is 32.1. The van der Waals surface area contributed by atoms with Gasteiger partial charge in [-0.2, -0.15) is 0 Å². The van der Waals surface area contributed by atoms with E-state index in [1.54, 1.807) is 11.3 Å². The number of thiazole rings is 1. The second-order valence-corrected chi connectivity index (χ2v) is 5.55. The van der Waals surface area contributed by atoms with E-state index in [2.05, 4.69) is 20.5 Å². The van der Waals surface area contributed by atoms with Crippen molar-refractivity contribution >= 4 is 23.5 Å². The van der Waals surface area contributed by atoms with Crippen LogP contribution >= 0.6 is 11.3 Å². The maximum Gasteiger partial charge on any atom is 0.174 e. The van der Waals surface area contributed by atoms with Gasteiger partial charge in [0.25, 0.3) is 0 Å². The molecule has 0 aliphatic carbocycles. The van der Waals surface area contributed by atoms with Gasteiger partial charge in [0.2, 0.25) is 0 Å². The molecular weight excluding hydrogens is 282 g/mol. The minimum atomic E-state index is 0.754. The van der Waals surface area contributed by atoms with E-state index in [9.17, 15) is 0 Å². The third kappa shape index (κ3) is 3.41. The fourth-order valence-electron chi connectivity index (χ4n) is 2.00. The second-order valence-electron chi connectivity index (χ2n) is 4.62. The topological polar surface area (TPSA) is 56.5 Å². The summed E-state index contributed by atoms with van der Waals surface area (Å²) < 4.78 is 1.82. The maximum absolute atomic E-state index is 4.26. The van der Waals surface area contributed by atoms with Crippen molar-refractivity contribution in [1.82, 2.24) is 25.2 Å². The van der Waals surface area contributed by atoms with Crippen molar-refractivity contribution in [3.63, 3.8) is 0 Å². The van der Waals surface area contributed by atoms with Crippen molar-refractivity contribution in [3.8, 4) is 0 Å². The lowest BCUT2D eigenvalue weighted by Gasteiger charge is -2.01. The average molecular weight is 297 g/mol. The number of rotatable bonds is 5. The number of aryl methyl sites for hydroxylation is 3. The summed E-state index contributed by atoms with van der Waals surface area (Å²) >= 11 is 1.68. The van der Waals surface area contributed by atoms with E-state index in [1.807, 2.05) is 59.6 Å². The Hall–Kier alpha value is -2.34. The molecule has 0 bridgehead atoms. The molecule has 6 heteroatoms. The smallest absolute Gasteiger partial charge is 0.174 e. The zero-order chi connectivity index (χ0) is 14.5. The van der Waals surface area contributed by atoms with Crippen LogP contribution in [0.5, 0.6) is 0 Å². The second kappa shape index (κ2) is 6.41. The van der Waals surface area contributed by atoms with Crippen LogP contribution in [0.25, 0.3) is 12.2 Å². The van der Waals surface area contributed by atoms with Crippen LogP contribution in [0.2, 0.25) is 0 Å². The molecule has 0 spiro atoms. The molecule has 1 aromatic carbocycles. The third-order valence-corrected chi connectivity index (χ3v) is 4.17. The Kier molecular flexibility index (Phi) is 4.16. The molecule has 0 amide bonds. The van der Waals surface area contributed by atoms with E-state index in [0.717, 1.165) is 30.0 Å². The lowest BCUT2D eigenvalue weighted by atomic mass is 10.2. The summed E-state index contributed by atoms with van der Waals surface area (Å²) in [4.78, 5) is 5.54. The highest BCUT2D eigenvalue weighted by Gasteiger charge is 2.06. The summed E-state index contributed by atoms with van der Waals surface area (Å²) in [5.41, 5.74) is 4.10. The Morgan fingerprint density at radius 2 is 2.05 bits per heavy atom. The van der Waals surface area contributed by atoms with Gasteiger partial charge in [0.05, 0.1) is 11.2 Å². The van der Waals surface area contributed by atoms with Crippen molar-refractivity contribution in [2.45, 2.75) is 19.9 Å². The quantitative estimate of drug-likeness (QED) is 0.726. The van der Waals surface area contributed by atoms with Crippen LogP contribution in [-0.2, 0) is 13.0 Å². The van der Waals surface area contributed by atoms with E-state index in [-0.39, 0.29) is 0 Å². The lowest BCUT2D eigenvalue weighted by Crippen LogP contribution is -2.05. The summed E-state index contributed by atoms with van der Waals surface area (Å²) in [5, 5.41) is 11.9. The minimum Gasteiger partial charge on any atom is -0.250 e. The molecule has 106 valence electrons. The number of nitrogens with zero attached hydrogens (tertiary/aromatic N) is 5. The predicted molar refractivity (Wildman–Crippen MR) is 83.7 cm³/mol. The molecule has 0 saturated heterocycles. The van der Waals surface area contributed by atoms with Crippen molar-refractivity contribution in [2.24, 2.45) is 0 Å². The van der Waals surface area contributed by atoms with Gasteiger partial charge in [-0.1, -0.05) is 36.4 Å². The molecule has 0 aliphatic heterocycles. The van der Waals surface area contributed by atoms with Gasteiger partial charge >= 0.3 is 0 Å². The molecule has 0 unspecified atom stereocenters. The van der Waals surface area contributed by atoms with E-state index in [1.165, 1.54) is 4.88 Å². The molecular formula is C15H15N5S. The van der Waals surface area contributed by atoms with Crippen LogP contribution in [0.15, 0.2) is 35.8 Å². The molecule has 0 radical (unpaired) electrons. The average Bonchev–Trinajstić information content (AvgIpc) is 3.13. The molecule has 2 aromatic heterocycles. The molecule has 3 aromatic rings. The Bertz CT molecular complexity index is 729. The Morgan fingerprint density at radius 3 is 2.81 bits per heavy atom. The van der Waals surface area contributed by atoms with E-state index in [4.69, 9.17) is 0 Å². The van der Waals surface area contributed by atoms with Crippen molar-refractivity contribution in [2.75, 3.05) is 0 Å². The standard InChI is InChI=1S/C15H15N5S/c1-12-14(21-11-16-12)9-10-20-15(17-18-19-20)8-7-13-5-3-2-4-6-13/h2-8,11H,9-10H2,1H3/b8-7+.